The van der Waals surface area contributed by atoms with Crippen molar-refractivity contribution in [2.75, 3.05) is 38.6 Å². The van der Waals surface area contributed by atoms with Gasteiger partial charge >= 0.3 is 5.97 Å². The maximum Gasteiger partial charge on any atom is 0.338 e. The first-order valence-electron chi connectivity index (χ1n) is 7.38. The number of nitrogens with zero attached hydrogens (tertiary/aromatic N) is 1. The second-order valence-electron chi connectivity index (χ2n) is 5.43. The molecule has 4 heteroatoms. The van der Waals surface area contributed by atoms with Crippen molar-refractivity contribution in [3.8, 4) is 0 Å². The molecule has 0 aliphatic carbocycles. The molecular weight excluding hydrogens is 252 g/mol. The molecule has 1 aromatic rings. The number of nitrogens with one attached hydrogen (secondary N) is 1. The van der Waals surface area contributed by atoms with Crippen LogP contribution in [0.3, 0.4) is 0 Å². The van der Waals surface area contributed by atoms with Crippen LogP contribution < -0.4 is 5.32 Å². The van der Waals surface area contributed by atoms with Gasteiger partial charge < -0.3 is 15.0 Å². The smallest absolute Gasteiger partial charge is 0.338 e. The van der Waals surface area contributed by atoms with E-state index in [0.717, 1.165) is 18.2 Å². The zero-order valence-electron chi connectivity index (χ0n) is 12.4. The average Bonchev–Trinajstić information content (AvgIpc) is 2.47. The molecule has 0 unspecified atom stereocenters. The summed E-state index contributed by atoms with van der Waals surface area (Å²) in [6.07, 6.45) is 2.51. The Morgan fingerprint density at radius 3 is 2.55 bits per heavy atom. The minimum atomic E-state index is -0.255. The quantitative estimate of drug-likeness (QED) is 0.839. The third-order valence-corrected chi connectivity index (χ3v) is 3.83. The fourth-order valence-electron chi connectivity index (χ4n) is 2.47. The molecule has 1 heterocycles. The van der Waals surface area contributed by atoms with Crippen molar-refractivity contribution in [3.63, 3.8) is 0 Å². The van der Waals surface area contributed by atoms with Gasteiger partial charge in [0.25, 0.3) is 0 Å². The Balaban J connectivity index is 1.80. The molecule has 0 bridgehead atoms. The largest absolute Gasteiger partial charge is 0.462 e. The third-order valence-electron chi connectivity index (χ3n) is 3.83. The lowest BCUT2D eigenvalue weighted by Crippen LogP contribution is -2.32. The summed E-state index contributed by atoms with van der Waals surface area (Å²) in [5, 5.41) is 3.46. The molecule has 1 aliphatic heterocycles. The van der Waals surface area contributed by atoms with E-state index >= 15 is 0 Å². The number of rotatable bonds is 5. The van der Waals surface area contributed by atoms with Crippen molar-refractivity contribution >= 4 is 11.7 Å². The Morgan fingerprint density at radius 2 is 1.95 bits per heavy atom. The summed E-state index contributed by atoms with van der Waals surface area (Å²) in [6, 6.07) is 7.52. The molecule has 4 nitrogen and oxygen atoms in total. The van der Waals surface area contributed by atoms with E-state index in [1.807, 2.05) is 31.2 Å². The van der Waals surface area contributed by atoms with Gasteiger partial charge in [0.2, 0.25) is 0 Å². The number of anilines is 1. The maximum atomic E-state index is 11.5. The fourth-order valence-corrected chi connectivity index (χ4v) is 2.47. The highest BCUT2D eigenvalue weighted by molar-refractivity contribution is 5.89. The van der Waals surface area contributed by atoms with Crippen molar-refractivity contribution in [2.45, 2.75) is 19.8 Å². The lowest BCUT2D eigenvalue weighted by atomic mass is 9.97. The number of carbonyl (C=O) groups is 1. The van der Waals surface area contributed by atoms with Gasteiger partial charge in [-0.25, -0.2) is 4.79 Å². The lowest BCUT2D eigenvalue weighted by molar-refractivity contribution is 0.0526. The number of carbonyl (C=O) groups excluding carboxylic acids is 1. The second-order valence-corrected chi connectivity index (χ2v) is 5.43. The van der Waals surface area contributed by atoms with Gasteiger partial charge in [-0.3, -0.25) is 0 Å². The van der Waals surface area contributed by atoms with E-state index in [9.17, 15) is 4.79 Å². The van der Waals surface area contributed by atoms with Crippen LogP contribution in [0.5, 0.6) is 0 Å². The molecule has 0 atom stereocenters. The monoisotopic (exact) mass is 276 g/mol. The van der Waals surface area contributed by atoms with Crippen LogP contribution in [0, 0.1) is 5.92 Å². The van der Waals surface area contributed by atoms with E-state index in [-0.39, 0.29) is 5.97 Å². The van der Waals surface area contributed by atoms with Crippen LogP contribution >= 0.6 is 0 Å². The molecular formula is C16H24N2O2. The molecule has 0 amide bonds. The second kappa shape index (κ2) is 7.29. The van der Waals surface area contributed by atoms with Crippen molar-refractivity contribution < 1.29 is 9.53 Å². The van der Waals surface area contributed by atoms with E-state index in [0.29, 0.717) is 12.2 Å². The van der Waals surface area contributed by atoms with Gasteiger partial charge in [0.1, 0.15) is 0 Å². The summed E-state index contributed by atoms with van der Waals surface area (Å²) < 4.78 is 4.97. The topological polar surface area (TPSA) is 41.6 Å². The van der Waals surface area contributed by atoms with E-state index in [4.69, 9.17) is 4.74 Å². The van der Waals surface area contributed by atoms with Crippen molar-refractivity contribution in [1.82, 2.24) is 4.90 Å². The molecule has 1 saturated heterocycles. The number of likely N-dealkylation sites (tertiary alicyclic amines) is 1. The van der Waals surface area contributed by atoms with Crippen molar-refractivity contribution in [3.05, 3.63) is 29.8 Å². The molecule has 2 rings (SSSR count). The normalized spacial score (nSPS) is 16.9. The first-order valence-corrected chi connectivity index (χ1v) is 7.38. The van der Waals surface area contributed by atoms with Crippen molar-refractivity contribution in [1.29, 1.82) is 0 Å². The zero-order valence-corrected chi connectivity index (χ0v) is 12.4. The Kier molecular flexibility index (Phi) is 5.41. The molecule has 20 heavy (non-hydrogen) atoms. The van der Waals surface area contributed by atoms with Gasteiger partial charge in [0.15, 0.2) is 0 Å². The van der Waals surface area contributed by atoms with Crippen LogP contribution in [-0.2, 0) is 4.74 Å². The Hall–Kier alpha value is -1.55. The minimum absolute atomic E-state index is 0.255. The van der Waals surface area contributed by atoms with Crippen LogP contribution in [0.25, 0.3) is 0 Å². The standard InChI is InChI=1S/C16H24N2O2/c1-3-20-16(19)14-4-6-15(7-5-14)17-12-13-8-10-18(2)11-9-13/h4-7,13,17H,3,8-12H2,1-2H3. The predicted molar refractivity (Wildman–Crippen MR) is 81.1 cm³/mol. The summed E-state index contributed by atoms with van der Waals surface area (Å²) in [7, 11) is 2.18. The molecule has 1 fully saturated rings. The molecule has 0 saturated carbocycles. The highest BCUT2D eigenvalue weighted by Crippen LogP contribution is 2.17. The SMILES string of the molecule is CCOC(=O)c1ccc(NCC2CCN(C)CC2)cc1. The third kappa shape index (κ3) is 4.23. The Bertz CT molecular complexity index is 423. The highest BCUT2D eigenvalue weighted by Gasteiger charge is 2.16. The zero-order chi connectivity index (χ0) is 14.4. The highest BCUT2D eigenvalue weighted by atomic mass is 16.5. The van der Waals surface area contributed by atoms with Gasteiger partial charge in [-0.1, -0.05) is 0 Å². The summed E-state index contributed by atoms with van der Waals surface area (Å²) in [5.74, 6) is 0.491. The summed E-state index contributed by atoms with van der Waals surface area (Å²) in [4.78, 5) is 13.9. The molecule has 0 aromatic heterocycles. The summed E-state index contributed by atoms with van der Waals surface area (Å²) in [5.41, 5.74) is 1.67. The fraction of sp³-hybridized carbons (Fsp3) is 0.562. The number of ether oxygens (including phenoxy) is 1. The summed E-state index contributed by atoms with van der Waals surface area (Å²) in [6.45, 7) is 5.61. The molecule has 0 spiro atoms. The number of piperidine rings is 1. The Morgan fingerprint density at radius 1 is 1.30 bits per heavy atom. The average molecular weight is 276 g/mol. The summed E-state index contributed by atoms with van der Waals surface area (Å²) >= 11 is 0. The van der Waals surface area contributed by atoms with E-state index in [1.165, 1.54) is 25.9 Å². The van der Waals surface area contributed by atoms with Crippen LogP contribution in [0.15, 0.2) is 24.3 Å². The lowest BCUT2D eigenvalue weighted by Gasteiger charge is -2.29. The van der Waals surface area contributed by atoms with Crippen LogP contribution in [0.1, 0.15) is 30.1 Å². The minimum Gasteiger partial charge on any atom is -0.462 e. The molecule has 110 valence electrons. The molecule has 1 aromatic carbocycles. The van der Waals surface area contributed by atoms with Crippen molar-refractivity contribution in [2.24, 2.45) is 5.92 Å². The first kappa shape index (κ1) is 14.9. The van der Waals surface area contributed by atoms with Gasteiger partial charge in [0, 0.05) is 12.2 Å². The van der Waals surface area contributed by atoms with Gasteiger partial charge in [-0.15, -0.1) is 0 Å². The predicted octanol–water partition coefficient (Wildman–Crippen LogP) is 2.62. The van der Waals surface area contributed by atoms with Crippen LogP contribution in [0.4, 0.5) is 5.69 Å². The van der Waals surface area contributed by atoms with Gasteiger partial charge in [0.05, 0.1) is 12.2 Å². The van der Waals surface area contributed by atoms with Gasteiger partial charge in [-0.05, 0) is 70.1 Å². The Labute approximate surface area is 121 Å². The first-order chi connectivity index (χ1) is 9.69. The molecule has 1 aliphatic rings. The number of benzene rings is 1. The van der Waals surface area contributed by atoms with E-state index in [2.05, 4.69) is 17.3 Å². The molecule has 1 N–H and O–H groups in total. The van der Waals surface area contributed by atoms with E-state index < -0.39 is 0 Å². The van der Waals surface area contributed by atoms with E-state index in [1.54, 1.807) is 0 Å². The molecule has 0 radical (unpaired) electrons. The number of esters is 1. The number of hydrogen-bond acceptors (Lipinski definition) is 4. The maximum absolute atomic E-state index is 11.5. The van der Waals surface area contributed by atoms with Crippen LogP contribution in [-0.4, -0.2) is 44.2 Å². The number of hydrogen-bond donors (Lipinski definition) is 1. The van der Waals surface area contributed by atoms with Crippen LogP contribution in [0.2, 0.25) is 0 Å². The van der Waals surface area contributed by atoms with Gasteiger partial charge in [-0.2, -0.15) is 0 Å².